The molecule has 0 atom stereocenters. The molecule has 0 spiro atoms. The van der Waals surface area contributed by atoms with Crippen LogP contribution in [0, 0.1) is 16.7 Å². The highest BCUT2D eigenvalue weighted by atomic mass is 14.3. The zero-order valence-electron chi connectivity index (χ0n) is 10.8. The van der Waals surface area contributed by atoms with Crippen molar-refractivity contribution in [3.63, 3.8) is 0 Å². The van der Waals surface area contributed by atoms with Gasteiger partial charge in [-0.2, -0.15) is 5.26 Å². The summed E-state index contributed by atoms with van der Waals surface area (Å²) in [5.41, 5.74) is 4.25. The zero-order valence-corrected chi connectivity index (χ0v) is 10.8. The fourth-order valence-corrected chi connectivity index (χ4v) is 2.38. The van der Waals surface area contributed by atoms with Crippen LogP contribution in [-0.4, -0.2) is 0 Å². The largest absolute Gasteiger partial charge is 0.193 e. The molecule has 0 aromatic heterocycles. The molecule has 0 aliphatic heterocycles. The molecular formula is C15H21N. The smallest absolute Gasteiger partial charge is 0.0914 e. The van der Waals surface area contributed by atoms with Gasteiger partial charge in [-0.15, -0.1) is 0 Å². The fraction of sp³-hybridized carbons (Fsp3) is 0.533. The lowest BCUT2D eigenvalue weighted by Gasteiger charge is -2.32. The van der Waals surface area contributed by atoms with Crippen LogP contribution in [0.25, 0.3) is 0 Å². The van der Waals surface area contributed by atoms with Gasteiger partial charge in [0.1, 0.15) is 0 Å². The number of nitriles is 1. The molecule has 16 heavy (non-hydrogen) atoms. The molecule has 0 unspecified atom stereocenters. The highest BCUT2D eigenvalue weighted by Gasteiger charge is 2.26. The standard InChI is InChI=1S/C15H21N/c1-12(9-11-16)7-8-14-13(2)6-5-10-15(14,3)4/h7-9H,5-6,10H2,1-4H3. The Balaban J connectivity index is 2.95. The quantitative estimate of drug-likeness (QED) is 0.490. The van der Waals surface area contributed by atoms with Crippen molar-refractivity contribution in [2.45, 2.75) is 47.0 Å². The summed E-state index contributed by atoms with van der Waals surface area (Å²) < 4.78 is 0. The van der Waals surface area contributed by atoms with Crippen molar-refractivity contribution in [3.05, 3.63) is 34.9 Å². The molecule has 0 heterocycles. The maximum Gasteiger partial charge on any atom is 0.0914 e. The lowest BCUT2D eigenvalue weighted by atomic mass is 9.72. The summed E-state index contributed by atoms with van der Waals surface area (Å²) in [4.78, 5) is 0. The Hall–Kier alpha value is -1.29. The van der Waals surface area contributed by atoms with Gasteiger partial charge in [-0.25, -0.2) is 0 Å². The maximum absolute atomic E-state index is 8.56. The van der Waals surface area contributed by atoms with Gasteiger partial charge in [0, 0.05) is 6.08 Å². The van der Waals surface area contributed by atoms with Gasteiger partial charge in [0.15, 0.2) is 0 Å². The second-order valence-electron chi connectivity index (χ2n) is 5.28. The van der Waals surface area contributed by atoms with E-state index in [1.165, 1.54) is 30.4 Å². The predicted molar refractivity (Wildman–Crippen MR) is 68.8 cm³/mol. The van der Waals surface area contributed by atoms with Crippen LogP contribution in [-0.2, 0) is 0 Å². The van der Waals surface area contributed by atoms with E-state index in [9.17, 15) is 0 Å². The van der Waals surface area contributed by atoms with E-state index in [1.54, 1.807) is 6.08 Å². The molecule has 0 amide bonds. The average molecular weight is 215 g/mol. The molecule has 1 nitrogen and oxygen atoms in total. The Morgan fingerprint density at radius 2 is 2.12 bits per heavy atom. The van der Waals surface area contributed by atoms with E-state index in [0.29, 0.717) is 0 Å². The van der Waals surface area contributed by atoms with Crippen molar-refractivity contribution < 1.29 is 0 Å². The molecule has 0 saturated carbocycles. The Morgan fingerprint density at radius 3 is 2.69 bits per heavy atom. The van der Waals surface area contributed by atoms with Gasteiger partial charge in [-0.3, -0.25) is 0 Å². The van der Waals surface area contributed by atoms with Crippen molar-refractivity contribution in [1.82, 2.24) is 0 Å². The van der Waals surface area contributed by atoms with Crippen LogP contribution in [0.2, 0.25) is 0 Å². The first-order valence-electron chi connectivity index (χ1n) is 5.92. The molecule has 86 valence electrons. The van der Waals surface area contributed by atoms with Gasteiger partial charge in [0.05, 0.1) is 6.07 Å². The Labute approximate surface area is 99.2 Å². The van der Waals surface area contributed by atoms with Crippen molar-refractivity contribution in [1.29, 1.82) is 5.26 Å². The van der Waals surface area contributed by atoms with Gasteiger partial charge in [0.25, 0.3) is 0 Å². The highest BCUT2D eigenvalue weighted by Crippen LogP contribution is 2.40. The molecule has 0 bridgehead atoms. The monoisotopic (exact) mass is 215 g/mol. The summed E-state index contributed by atoms with van der Waals surface area (Å²) in [5, 5.41) is 8.56. The van der Waals surface area contributed by atoms with Gasteiger partial charge in [-0.05, 0) is 49.7 Å². The number of allylic oxidation sites excluding steroid dienone is 6. The minimum absolute atomic E-state index is 0.283. The fourth-order valence-electron chi connectivity index (χ4n) is 2.38. The van der Waals surface area contributed by atoms with Crippen molar-refractivity contribution >= 4 is 0 Å². The van der Waals surface area contributed by atoms with Crippen LogP contribution in [0.1, 0.15) is 47.0 Å². The third-order valence-corrected chi connectivity index (χ3v) is 3.35. The van der Waals surface area contributed by atoms with Crippen LogP contribution in [0.5, 0.6) is 0 Å². The summed E-state index contributed by atoms with van der Waals surface area (Å²) in [5.74, 6) is 0. The molecule has 0 saturated heterocycles. The molecule has 0 aromatic rings. The van der Waals surface area contributed by atoms with E-state index in [1.807, 2.05) is 6.92 Å². The van der Waals surface area contributed by atoms with E-state index in [-0.39, 0.29) is 5.41 Å². The summed E-state index contributed by atoms with van der Waals surface area (Å²) >= 11 is 0. The predicted octanol–water partition coefficient (Wildman–Crippen LogP) is 4.54. The first kappa shape index (κ1) is 12.8. The zero-order chi connectivity index (χ0) is 12.2. The second-order valence-corrected chi connectivity index (χ2v) is 5.28. The van der Waals surface area contributed by atoms with Gasteiger partial charge in [0.2, 0.25) is 0 Å². The van der Waals surface area contributed by atoms with E-state index in [2.05, 4.69) is 39.0 Å². The van der Waals surface area contributed by atoms with Gasteiger partial charge in [-0.1, -0.05) is 31.6 Å². The van der Waals surface area contributed by atoms with E-state index < -0.39 is 0 Å². The third-order valence-electron chi connectivity index (χ3n) is 3.35. The van der Waals surface area contributed by atoms with Crippen LogP contribution in [0.15, 0.2) is 34.9 Å². The lowest BCUT2D eigenvalue weighted by Crippen LogP contribution is -2.19. The number of rotatable bonds is 2. The normalized spacial score (nSPS) is 21.3. The Morgan fingerprint density at radius 1 is 1.44 bits per heavy atom. The Kier molecular flexibility index (Phi) is 4.12. The van der Waals surface area contributed by atoms with Crippen molar-refractivity contribution in [2.75, 3.05) is 0 Å². The molecule has 0 fully saturated rings. The van der Waals surface area contributed by atoms with Gasteiger partial charge >= 0.3 is 0 Å². The highest BCUT2D eigenvalue weighted by molar-refractivity contribution is 5.36. The minimum atomic E-state index is 0.283. The van der Waals surface area contributed by atoms with E-state index in [4.69, 9.17) is 5.26 Å². The molecule has 1 aliphatic rings. The number of nitrogens with zero attached hydrogens (tertiary/aromatic N) is 1. The molecule has 0 N–H and O–H groups in total. The lowest BCUT2D eigenvalue weighted by molar-refractivity contribution is 0.377. The molecule has 0 aromatic carbocycles. The molecule has 1 heteroatoms. The number of hydrogen-bond donors (Lipinski definition) is 0. The van der Waals surface area contributed by atoms with Crippen LogP contribution in [0.3, 0.4) is 0 Å². The molecule has 0 radical (unpaired) electrons. The molecular weight excluding hydrogens is 194 g/mol. The summed E-state index contributed by atoms with van der Waals surface area (Å²) in [7, 11) is 0. The molecule has 1 rings (SSSR count). The van der Waals surface area contributed by atoms with Gasteiger partial charge < -0.3 is 0 Å². The second kappa shape index (κ2) is 5.16. The van der Waals surface area contributed by atoms with Crippen molar-refractivity contribution in [2.24, 2.45) is 5.41 Å². The Bertz CT molecular complexity index is 386. The maximum atomic E-state index is 8.56. The van der Waals surface area contributed by atoms with Crippen LogP contribution >= 0.6 is 0 Å². The van der Waals surface area contributed by atoms with E-state index in [0.717, 1.165) is 5.57 Å². The first-order chi connectivity index (χ1) is 7.47. The summed E-state index contributed by atoms with van der Waals surface area (Å²) in [6.07, 6.45) is 9.59. The summed E-state index contributed by atoms with van der Waals surface area (Å²) in [6, 6.07) is 2.06. The topological polar surface area (TPSA) is 23.8 Å². The van der Waals surface area contributed by atoms with Crippen molar-refractivity contribution in [3.8, 4) is 6.07 Å². The van der Waals surface area contributed by atoms with Crippen LogP contribution in [0.4, 0.5) is 0 Å². The average Bonchev–Trinajstić information content (AvgIpc) is 2.16. The number of hydrogen-bond acceptors (Lipinski definition) is 1. The summed E-state index contributed by atoms with van der Waals surface area (Å²) in [6.45, 7) is 8.80. The first-order valence-corrected chi connectivity index (χ1v) is 5.92. The van der Waals surface area contributed by atoms with Crippen LogP contribution < -0.4 is 0 Å². The third kappa shape index (κ3) is 3.10. The molecule has 1 aliphatic carbocycles. The minimum Gasteiger partial charge on any atom is -0.193 e. The van der Waals surface area contributed by atoms with E-state index >= 15 is 0 Å². The SMILES string of the molecule is CC(C=CC1=C(C)CCCC1(C)C)=CC#N.